The molecule has 2 rings (SSSR count). The van der Waals surface area contributed by atoms with Crippen LogP contribution in [0.15, 0.2) is 42.5 Å². The molecule has 0 aliphatic carbocycles. The van der Waals surface area contributed by atoms with E-state index in [1.54, 1.807) is 7.11 Å². The minimum atomic E-state index is -0.560. The Kier molecular flexibility index (Phi) is 5.50. The highest BCUT2D eigenvalue weighted by molar-refractivity contribution is 5.29. The number of benzene rings is 2. The minimum Gasteiger partial charge on any atom is -0.497 e. The Hall–Kier alpha value is -1.94. The lowest BCUT2D eigenvalue weighted by atomic mass is 10.0. The molecule has 2 nitrogen and oxygen atoms in total. The predicted octanol–water partition coefficient (Wildman–Crippen LogP) is 4.78. The Morgan fingerprint density at radius 1 is 1.09 bits per heavy atom. The lowest BCUT2D eigenvalue weighted by Gasteiger charge is -2.23. The lowest BCUT2D eigenvalue weighted by molar-refractivity contribution is 0.413. The number of rotatable bonds is 6. The van der Waals surface area contributed by atoms with E-state index in [1.807, 2.05) is 31.2 Å². The van der Waals surface area contributed by atoms with Gasteiger partial charge in [0.05, 0.1) is 7.11 Å². The van der Waals surface area contributed by atoms with Gasteiger partial charge in [-0.25, -0.2) is 8.78 Å². The summed E-state index contributed by atoms with van der Waals surface area (Å²) in [4.78, 5) is 0. The molecule has 0 aromatic heterocycles. The molecule has 0 saturated carbocycles. The van der Waals surface area contributed by atoms with Gasteiger partial charge in [-0.3, -0.25) is 0 Å². The smallest absolute Gasteiger partial charge is 0.130 e. The molecule has 0 spiro atoms. The lowest BCUT2D eigenvalue weighted by Crippen LogP contribution is -2.25. The normalized spacial score (nSPS) is 13.7. The van der Waals surface area contributed by atoms with Gasteiger partial charge in [0.15, 0.2) is 0 Å². The van der Waals surface area contributed by atoms with E-state index in [4.69, 9.17) is 4.74 Å². The van der Waals surface area contributed by atoms with E-state index in [9.17, 15) is 8.78 Å². The van der Waals surface area contributed by atoms with Gasteiger partial charge in [0.1, 0.15) is 17.4 Å². The SMILES string of the molecule is CCC(NC(C)c1ccc(F)cc1F)c1ccc(OC)cc1. The summed E-state index contributed by atoms with van der Waals surface area (Å²) in [6.07, 6.45) is 0.861. The summed E-state index contributed by atoms with van der Waals surface area (Å²) in [7, 11) is 1.63. The van der Waals surface area contributed by atoms with Gasteiger partial charge >= 0.3 is 0 Å². The molecule has 2 unspecified atom stereocenters. The molecule has 2 aromatic carbocycles. The van der Waals surface area contributed by atoms with Crippen molar-refractivity contribution < 1.29 is 13.5 Å². The molecule has 0 heterocycles. The second-order valence-electron chi connectivity index (χ2n) is 5.29. The fourth-order valence-electron chi connectivity index (χ4n) is 2.53. The van der Waals surface area contributed by atoms with Gasteiger partial charge in [-0.15, -0.1) is 0 Å². The van der Waals surface area contributed by atoms with Crippen LogP contribution in [0.2, 0.25) is 0 Å². The molecule has 118 valence electrons. The first kappa shape index (κ1) is 16.4. The van der Waals surface area contributed by atoms with Crippen molar-refractivity contribution in [1.82, 2.24) is 5.32 Å². The number of hydrogen-bond acceptors (Lipinski definition) is 2. The number of nitrogens with one attached hydrogen (secondary N) is 1. The molecule has 0 bridgehead atoms. The molecule has 0 radical (unpaired) electrons. The second kappa shape index (κ2) is 7.36. The van der Waals surface area contributed by atoms with Crippen LogP contribution in [0.25, 0.3) is 0 Å². The average Bonchev–Trinajstić information content (AvgIpc) is 2.52. The quantitative estimate of drug-likeness (QED) is 0.829. The monoisotopic (exact) mass is 305 g/mol. The Bertz CT molecular complexity index is 613. The third-order valence-corrected chi connectivity index (χ3v) is 3.81. The highest BCUT2D eigenvalue weighted by Gasteiger charge is 2.17. The van der Waals surface area contributed by atoms with Gasteiger partial charge in [0.2, 0.25) is 0 Å². The first-order chi connectivity index (χ1) is 10.5. The van der Waals surface area contributed by atoms with Crippen LogP contribution in [-0.2, 0) is 0 Å². The summed E-state index contributed by atoms with van der Waals surface area (Å²) in [5.74, 6) is -0.281. The Balaban J connectivity index is 2.14. The summed E-state index contributed by atoms with van der Waals surface area (Å²) in [6.45, 7) is 3.94. The van der Waals surface area contributed by atoms with Gasteiger partial charge in [0.25, 0.3) is 0 Å². The fraction of sp³-hybridized carbons (Fsp3) is 0.333. The molecule has 0 amide bonds. The number of methoxy groups -OCH3 is 1. The topological polar surface area (TPSA) is 21.3 Å². The van der Waals surface area contributed by atoms with Gasteiger partial charge in [-0.05, 0) is 37.1 Å². The molecule has 0 aliphatic rings. The van der Waals surface area contributed by atoms with Crippen LogP contribution in [0.1, 0.15) is 43.5 Å². The van der Waals surface area contributed by atoms with Gasteiger partial charge in [0, 0.05) is 23.7 Å². The Morgan fingerprint density at radius 3 is 2.32 bits per heavy atom. The zero-order valence-corrected chi connectivity index (χ0v) is 13.1. The van der Waals surface area contributed by atoms with Crippen molar-refractivity contribution >= 4 is 0 Å². The van der Waals surface area contributed by atoms with Gasteiger partial charge < -0.3 is 10.1 Å². The van der Waals surface area contributed by atoms with Gasteiger partial charge in [-0.1, -0.05) is 25.1 Å². The van der Waals surface area contributed by atoms with Gasteiger partial charge in [-0.2, -0.15) is 0 Å². The summed E-state index contributed by atoms with van der Waals surface area (Å²) < 4.78 is 32.0. The highest BCUT2D eigenvalue weighted by atomic mass is 19.1. The molecule has 0 saturated heterocycles. The summed E-state index contributed by atoms with van der Waals surface area (Å²) in [6, 6.07) is 11.4. The van der Waals surface area contributed by atoms with E-state index in [1.165, 1.54) is 12.1 Å². The maximum Gasteiger partial charge on any atom is 0.130 e. The predicted molar refractivity (Wildman–Crippen MR) is 83.9 cm³/mol. The minimum absolute atomic E-state index is 0.0883. The second-order valence-corrected chi connectivity index (χ2v) is 5.29. The molecule has 0 fully saturated rings. The zero-order valence-electron chi connectivity index (χ0n) is 13.1. The zero-order chi connectivity index (χ0) is 16.1. The van der Waals surface area contributed by atoms with Crippen molar-refractivity contribution in [3.8, 4) is 5.75 Å². The molecular weight excluding hydrogens is 284 g/mol. The van der Waals surface area contributed by atoms with Crippen molar-refractivity contribution in [2.75, 3.05) is 7.11 Å². The summed E-state index contributed by atoms with van der Waals surface area (Å²) in [5, 5.41) is 3.39. The van der Waals surface area contributed by atoms with E-state index < -0.39 is 11.6 Å². The van der Waals surface area contributed by atoms with Crippen LogP contribution in [0, 0.1) is 11.6 Å². The Morgan fingerprint density at radius 2 is 1.77 bits per heavy atom. The molecule has 4 heteroatoms. The van der Waals surface area contributed by atoms with Crippen LogP contribution in [0.4, 0.5) is 8.78 Å². The molecule has 2 aromatic rings. The maximum absolute atomic E-state index is 13.9. The van der Waals surface area contributed by atoms with E-state index >= 15 is 0 Å². The molecule has 2 atom stereocenters. The third-order valence-electron chi connectivity index (χ3n) is 3.81. The first-order valence-corrected chi connectivity index (χ1v) is 7.40. The fourth-order valence-corrected chi connectivity index (χ4v) is 2.53. The molecule has 1 N–H and O–H groups in total. The van der Waals surface area contributed by atoms with E-state index in [0.29, 0.717) is 5.56 Å². The number of halogens is 2. The number of ether oxygens (including phenoxy) is 1. The van der Waals surface area contributed by atoms with Crippen LogP contribution in [0.3, 0.4) is 0 Å². The highest BCUT2D eigenvalue weighted by Crippen LogP contribution is 2.25. The number of hydrogen-bond donors (Lipinski definition) is 1. The third kappa shape index (κ3) is 3.83. The van der Waals surface area contributed by atoms with E-state index in [2.05, 4.69) is 12.2 Å². The maximum atomic E-state index is 13.9. The van der Waals surface area contributed by atoms with Crippen molar-refractivity contribution in [2.45, 2.75) is 32.4 Å². The van der Waals surface area contributed by atoms with Crippen molar-refractivity contribution in [3.05, 3.63) is 65.2 Å². The average molecular weight is 305 g/mol. The van der Waals surface area contributed by atoms with Crippen molar-refractivity contribution in [3.63, 3.8) is 0 Å². The molecular formula is C18H21F2NO. The van der Waals surface area contributed by atoms with Crippen LogP contribution < -0.4 is 10.1 Å². The van der Waals surface area contributed by atoms with Crippen LogP contribution in [-0.4, -0.2) is 7.11 Å². The van der Waals surface area contributed by atoms with Crippen molar-refractivity contribution in [2.24, 2.45) is 0 Å². The first-order valence-electron chi connectivity index (χ1n) is 7.40. The standard InChI is InChI=1S/C18H21F2NO/c1-4-18(13-5-8-15(22-3)9-6-13)21-12(2)16-10-7-14(19)11-17(16)20/h5-12,18,21H,4H2,1-3H3. The van der Waals surface area contributed by atoms with E-state index in [-0.39, 0.29) is 12.1 Å². The molecule has 22 heavy (non-hydrogen) atoms. The largest absolute Gasteiger partial charge is 0.497 e. The van der Waals surface area contributed by atoms with Crippen LogP contribution >= 0.6 is 0 Å². The summed E-state index contributed by atoms with van der Waals surface area (Å²) >= 11 is 0. The summed E-state index contributed by atoms with van der Waals surface area (Å²) in [5.41, 5.74) is 1.58. The van der Waals surface area contributed by atoms with Crippen LogP contribution in [0.5, 0.6) is 5.75 Å². The Labute approximate surface area is 130 Å². The molecule has 0 aliphatic heterocycles. The van der Waals surface area contributed by atoms with Crippen molar-refractivity contribution in [1.29, 1.82) is 0 Å². The van der Waals surface area contributed by atoms with E-state index in [0.717, 1.165) is 23.8 Å².